The minimum absolute atomic E-state index is 0.00296. The van der Waals surface area contributed by atoms with E-state index in [2.05, 4.69) is 0 Å². The fourth-order valence-electron chi connectivity index (χ4n) is 2.28. The van der Waals surface area contributed by atoms with Gasteiger partial charge < -0.3 is 22.9 Å². The van der Waals surface area contributed by atoms with Crippen molar-refractivity contribution in [2.45, 2.75) is 25.6 Å². The van der Waals surface area contributed by atoms with Gasteiger partial charge in [-0.25, -0.2) is 0 Å². The molecule has 1 atom stereocenters. The number of ether oxygens (including phenoxy) is 2. The Balaban J connectivity index is 1.58. The van der Waals surface area contributed by atoms with E-state index in [1.54, 1.807) is 12.1 Å². The Hall–Kier alpha value is -2.45. The standard InChI is InChI=1S/C17H18O7S/c18-13-4-6-15(7-5-13)23-25(19,20)24-16-10-8-14(9-11-16)22-17-3-1-2-12-21-17/h4-11,17-18H,1-3,12H2. The average Bonchev–Trinajstić information content (AvgIpc) is 2.59. The molecule has 2 aromatic rings. The molecular weight excluding hydrogens is 348 g/mol. The summed E-state index contributed by atoms with van der Waals surface area (Å²) in [6, 6.07) is 11.4. The molecule has 134 valence electrons. The Bertz CT molecular complexity index is 779. The number of rotatable bonds is 6. The summed E-state index contributed by atoms with van der Waals surface area (Å²) in [7, 11) is -4.29. The Labute approximate surface area is 146 Å². The lowest BCUT2D eigenvalue weighted by molar-refractivity contribution is -0.105. The quantitative estimate of drug-likeness (QED) is 0.840. The molecule has 1 aliphatic rings. The molecule has 0 aromatic heterocycles. The summed E-state index contributed by atoms with van der Waals surface area (Å²) in [6.45, 7) is 0.679. The van der Waals surface area contributed by atoms with Gasteiger partial charge in [0, 0.05) is 6.42 Å². The first-order chi connectivity index (χ1) is 12.0. The van der Waals surface area contributed by atoms with Gasteiger partial charge in [-0.15, -0.1) is 8.42 Å². The first-order valence-corrected chi connectivity index (χ1v) is 9.15. The molecule has 1 N–H and O–H groups in total. The van der Waals surface area contributed by atoms with Crippen LogP contribution in [0.15, 0.2) is 48.5 Å². The molecule has 0 bridgehead atoms. The second kappa shape index (κ2) is 7.62. The minimum Gasteiger partial charge on any atom is -0.508 e. The van der Waals surface area contributed by atoms with Crippen LogP contribution in [0.4, 0.5) is 0 Å². The number of hydrogen-bond acceptors (Lipinski definition) is 7. The lowest BCUT2D eigenvalue weighted by atomic mass is 10.2. The zero-order valence-corrected chi connectivity index (χ0v) is 14.1. The monoisotopic (exact) mass is 366 g/mol. The summed E-state index contributed by atoms with van der Waals surface area (Å²) < 4.78 is 44.6. The molecule has 1 aliphatic heterocycles. The highest BCUT2D eigenvalue weighted by molar-refractivity contribution is 7.82. The predicted octanol–water partition coefficient (Wildman–Crippen LogP) is 3.00. The first kappa shape index (κ1) is 17.4. The van der Waals surface area contributed by atoms with Gasteiger partial charge in [-0.1, -0.05) is 0 Å². The molecule has 25 heavy (non-hydrogen) atoms. The lowest BCUT2D eigenvalue weighted by Crippen LogP contribution is -2.24. The summed E-state index contributed by atoms with van der Waals surface area (Å²) in [4.78, 5) is 0. The Morgan fingerprint density at radius 3 is 2.00 bits per heavy atom. The van der Waals surface area contributed by atoms with Gasteiger partial charge in [0.2, 0.25) is 0 Å². The fraction of sp³-hybridized carbons (Fsp3) is 0.294. The van der Waals surface area contributed by atoms with Crippen LogP contribution in [0.3, 0.4) is 0 Å². The highest BCUT2D eigenvalue weighted by Crippen LogP contribution is 2.24. The van der Waals surface area contributed by atoms with Gasteiger partial charge in [0.25, 0.3) is 0 Å². The molecule has 8 heteroatoms. The molecule has 1 fully saturated rings. The molecule has 1 heterocycles. The molecule has 0 amide bonds. The fourth-order valence-corrected chi connectivity index (χ4v) is 3.01. The van der Waals surface area contributed by atoms with Gasteiger partial charge in [-0.2, -0.15) is 0 Å². The number of phenols is 1. The summed E-state index contributed by atoms with van der Waals surface area (Å²) in [6.07, 6.45) is 2.64. The maximum atomic E-state index is 11.9. The third kappa shape index (κ3) is 5.27. The smallest absolute Gasteiger partial charge is 0.500 e. The SMILES string of the molecule is O=S(=O)(Oc1ccc(O)cc1)Oc1ccc(OC2CCCCO2)cc1. The number of phenolic OH excluding ortho intramolecular Hbond substituents is 1. The molecule has 0 saturated carbocycles. The summed E-state index contributed by atoms with van der Waals surface area (Å²) >= 11 is 0. The van der Waals surface area contributed by atoms with Crippen LogP contribution < -0.4 is 13.1 Å². The van der Waals surface area contributed by atoms with E-state index in [4.69, 9.17) is 17.8 Å². The molecule has 7 nitrogen and oxygen atoms in total. The van der Waals surface area contributed by atoms with E-state index in [-0.39, 0.29) is 23.5 Å². The van der Waals surface area contributed by atoms with Crippen molar-refractivity contribution in [1.82, 2.24) is 0 Å². The van der Waals surface area contributed by atoms with E-state index in [1.807, 2.05) is 0 Å². The van der Waals surface area contributed by atoms with E-state index in [1.165, 1.54) is 36.4 Å². The van der Waals surface area contributed by atoms with Crippen molar-refractivity contribution in [3.63, 3.8) is 0 Å². The minimum atomic E-state index is -4.29. The Morgan fingerprint density at radius 2 is 1.44 bits per heavy atom. The van der Waals surface area contributed by atoms with Crippen LogP contribution >= 0.6 is 0 Å². The molecular formula is C17H18O7S. The lowest BCUT2D eigenvalue weighted by Gasteiger charge is -2.23. The van der Waals surface area contributed by atoms with Crippen molar-refractivity contribution >= 4 is 10.4 Å². The topological polar surface area (TPSA) is 91.3 Å². The van der Waals surface area contributed by atoms with Crippen molar-refractivity contribution in [1.29, 1.82) is 0 Å². The molecule has 2 aromatic carbocycles. The predicted molar refractivity (Wildman–Crippen MR) is 88.9 cm³/mol. The largest absolute Gasteiger partial charge is 0.508 e. The summed E-state index contributed by atoms with van der Waals surface area (Å²) in [5, 5.41) is 9.18. The van der Waals surface area contributed by atoms with Crippen LogP contribution in [0, 0.1) is 0 Å². The normalized spacial score (nSPS) is 17.7. The van der Waals surface area contributed by atoms with Gasteiger partial charge in [-0.3, -0.25) is 0 Å². The van der Waals surface area contributed by atoms with Crippen LogP contribution in [0.1, 0.15) is 19.3 Å². The molecule has 3 rings (SSSR count). The molecule has 0 radical (unpaired) electrons. The molecule has 0 spiro atoms. The zero-order chi connectivity index (χ0) is 17.7. The van der Waals surface area contributed by atoms with E-state index in [0.29, 0.717) is 12.4 Å². The third-order valence-electron chi connectivity index (χ3n) is 3.46. The first-order valence-electron chi connectivity index (χ1n) is 7.81. The van der Waals surface area contributed by atoms with Gasteiger partial charge in [-0.05, 0) is 61.4 Å². The van der Waals surface area contributed by atoms with Crippen molar-refractivity contribution in [2.24, 2.45) is 0 Å². The van der Waals surface area contributed by atoms with Crippen LogP contribution in [0.2, 0.25) is 0 Å². The van der Waals surface area contributed by atoms with Crippen molar-refractivity contribution in [2.75, 3.05) is 6.61 Å². The second-order valence-electron chi connectivity index (χ2n) is 5.45. The zero-order valence-electron chi connectivity index (χ0n) is 13.3. The number of benzene rings is 2. The Kier molecular flexibility index (Phi) is 5.30. The van der Waals surface area contributed by atoms with E-state index in [0.717, 1.165) is 19.3 Å². The average molecular weight is 366 g/mol. The van der Waals surface area contributed by atoms with Crippen LogP contribution in [-0.2, 0) is 15.1 Å². The highest BCUT2D eigenvalue weighted by atomic mass is 32.3. The summed E-state index contributed by atoms with van der Waals surface area (Å²) in [5.74, 6) is 0.696. The second-order valence-corrected chi connectivity index (χ2v) is 6.60. The maximum Gasteiger partial charge on any atom is 0.500 e. The molecule has 1 unspecified atom stereocenters. The van der Waals surface area contributed by atoms with Gasteiger partial charge in [0.1, 0.15) is 23.0 Å². The van der Waals surface area contributed by atoms with Gasteiger partial charge in [0.15, 0.2) is 6.29 Å². The number of aromatic hydroxyl groups is 1. The maximum absolute atomic E-state index is 11.9. The van der Waals surface area contributed by atoms with Gasteiger partial charge >= 0.3 is 10.4 Å². The van der Waals surface area contributed by atoms with Crippen molar-refractivity contribution in [3.05, 3.63) is 48.5 Å². The summed E-state index contributed by atoms with van der Waals surface area (Å²) in [5.41, 5.74) is 0. The van der Waals surface area contributed by atoms with E-state index < -0.39 is 10.4 Å². The van der Waals surface area contributed by atoms with Crippen LogP contribution in [0.5, 0.6) is 23.0 Å². The molecule has 1 saturated heterocycles. The van der Waals surface area contributed by atoms with Crippen LogP contribution in [0.25, 0.3) is 0 Å². The van der Waals surface area contributed by atoms with Crippen LogP contribution in [-0.4, -0.2) is 26.4 Å². The number of hydrogen-bond donors (Lipinski definition) is 1. The third-order valence-corrected chi connectivity index (χ3v) is 4.26. The Morgan fingerprint density at radius 1 is 0.880 bits per heavy atom. The van der Waals surface area contributed by atoms with E-state index >= 15 is 0 Å². The van der Waals surface area contributed by atoms with Crippen molar-refractivity contribution < 1.29 is 31.4 Å². The van der Waals surface area contributed by atoms with E-state index in [9.17, 15) is 13.5 Å². The highest BCUT2D eigenvalue weighted by Gasteiger charge is 2.17. The van der Waals surface area contributed by atoms with Gasteiger partial charge in [0.05, 0.1) is 6.61 Å². The molecule has 0 aliphatic carbocycles. The van der Waals surface area contributed by atoms with Crippen molar-refractivity contribution in [3.8, 4) is 23.0 Å².